The molecule has 1 N–H and O–H groups in total. The van der Waals surface area contributed by atoms with Gasteiger partial charge in [0.05, 0.1) is 5.02 Å². The summed E-state index contributed by atoms with van der Waals surface area (Å²) in [4.78, 5) is 12.5. The number of nitrogens with one attached hydrogen (secondary N) is 1. The summed E-state index contributed by atoms with van der Waals surface area (Å²) >= 11 is 13.4. The molecule has 144 valence electrons. The molecule has 3 aromatic carbocycles. The number of hydrogen-bond donors (Lipinski definition) is 1. The smallest absolute Gasteiger partial charge is 0.257 e. The SMILES string of the molecule is O=C(Nc1nnc(-c2ccc(Cl)cc2Cl)s1)c1ccc(Cc2ccccc2)cc1. The van der Waals surface area contributed by atoms with E-state index in [0.717, 1.165) is 17.5 Å². The maximum absolute atomic E-state index is 12.5. The van der Waals surface area contributed by atoms with Gasteiger partial charge in [0.25, 0.3) is 5.91 Å². The Balaban J connectivity index is 1.44. The van der Waals surface area contributed by atoms with Crippen LogP contribution in [0.15, 0.2) is 72.8 Å². The first-order valence-electron chi connectivity index (χ1n) is 8.81. The average Bonchev–Trinajstić information content (AvgIpc) is 3.17. The molecule has 4 rings (SSSR count). The Labute approximate surface area is 182 Å². The molecule has 1 amide bonds. The second kappa shape index (κ2) is 8.74. The van der Waals surface area contributed by atoms with E-state index in [2.05, 4.69) is 27.6 Å². The van der Waals surface area contributed by atoms with E-state index in [1.807, 2.05) is 42.5 Å². The largest absolute Gasteiger partial charge is 0.296 e. The van der Waals surface area contributed by atoms with Crippen molar-refractivity contribution in [3.63, 3.8) is 0 Å². The Bertz CT molecular complexity index is 1140. The Morgan fingerprint density at radius 1 is 0.897 bits per heavy atom. The molecule has 0 saturated carbocycles. The van der Waals surface area contributed by atoms with Crippen LogP contribution in [-0.2, 0) is 6.42 Å². The molecule has 0 unspecified atom stereocenters. The fourth-order valence-corrected chi connectivity index (χ4v) is 4.15. The molecule has 0 saturated heterocycles. The van der Waals surface area contributed by atoms with Crippen molar-refractivity contribution in [3.05, 3.63) is 99.5 Å². The molecule has 4 nitrogen and oxygen atoms in total. The van der Waals surface area contributed by atoms with Crippen LogP contribution >= 0.6 is 34.5 Å². The van der Waals surface area contributed by atoms with Gasteiger partial charge in [-0.05, 0) is 47.9 Å². The molecule has 0 aliphatic heterocycles. The molecule has 4 aromatic rings. The van der Waals surface area contributed by atoms with Gasteiger partial charge in [-0.25, -0.2) is 0 Å². The third-order valence-corrected chi connectivity index (χ3v) is 5.69. The molecular weight excluding hydrogens is 425 g/mol. The quantitative estimate of drug-likeness (QED) is 0.393. The average molecular weight is 440 g/mol. The molecule has 0 fully saturated rings. The van der Waals surface area contributed by atoms with Crippen LogP contribution in [0.4, 0.5) is 5.13 Å². The Kier molecular flexibility index (Phi) is 5.90. The molecule has 0 radical (unpaired) electrons. The number of hydrogen-bond acceptors (Lipinski definition) is 4. The minimum atomic E-state index is -0.235. The number of rotatable bonds is 5. The van der Waals surface area contributed by atoms with E-state index >= 15 is 0 Å². The summed E-state index contributed by atoms with van der Waals surface area (Å²) in [5, 5.41) is 13.0. The fraction of sp³-hybridized carbons (Fsp3) is 0.0455. The lowest BCUT2D eigenvalue weighted by atomic mass is 10.0. The summed E-state index contributed by atoms with van der Waals surface area (Å²) in [6, 6.07) is 22.9. The molecule has 1 heterocycles. The van der Waals surface area contributed by atoms with Crippen molar-refractivity contribution in [3.8, 4) is 10.6 Å². The van der Waals surface area contributed by atoms with Gasteiger partial charge in [0.2, 0.25) is 5.13 Å². The van der Waals surface area contributed by atoms with E-state index in [0.29, 0.717) is 25.7 Å². The van der Waals surface area contributed by atoms with Gasteiger partial charge in [-0.1, -0.05) is 77.0 Å². The van der Waals surface area contributed by atoms with Crippen molar-refractivity contribution in [2.75, 3.05) is 5.32 Å². The monoisotopic (exact) mass is 439 g/mol. The van der Waals surface area contributed by atoms with E-state index in [-0.39, 0.29) is 5.91 Å². The van der Waals surface area contributed by atoms with Crippen LogP contribution in [0.1, 0.15) is 21.5 Å². The lowest BCUT2D eigenvalue weighted by Gasteiger charge is -2.04. The van der Waals surface area contributed by atoms with Gasteiger partial charge in [0.1, 0.15) is 0 Å². The molecule has 0 aliphatic rings. The van der Waals surface area contributed by atoms with Crippen LogP contribution in [-0.4, -0.2) is 16.1 Å². The predicted molar refractivity (Wildman–Crippen MR) is 119 cm³/mol. The van der Waals surface area contributed by atoms with Crippen molar-refractivity contribution < 1.29 is 4.79 Å². The number of anilines is 1. The lowest BCUT2D eigenvalue weighted by molar-refractivity contribution is 0.102. The van der Waals surface area contributed by atoms with Gasteiger partial charge in [0.15, 0.2) is 5.01 Å². The zero-order valence-corrected chi connectivity index (χ0v) is 17.4. The summed E-state index contributed by atoms with van der Waals surface area (Å²) in [5.74, 6) is -0.235. The molecular formula is C22H15Cl2N3OS. The third-order valence-electron chi connectivity index (χ3n) is 4.27. The standard InChI is InChI=1S/C22H15Cl2N3OS/c23-17-10-11-18(19(24)13-17)21-26-27-22(29-21)25-20(28)16-8-6-15(7-9-16)12-14-4-2-1-3-5-14/h1-11,13H,12H2,(H,25,27,28). The van der Waals surface area contributed by atoms with Crippen LogP contribution in [0.5, 0.6) is 0 Å². The summed E-state index contributed by atoms with van der Waals surface area (Å²) in [6.45, 7) is 0. The van der Waals surface area contributed by atoms with Crippen molar-refractivity contribution in [2.45, 2.75) is 6.42 Å². The number of benzene rings is 3. The van der Waals surface area contributed by atoms with E-state index in [4.69, 9.17) is 23.2 Å². The van der Waals surface area contributed by atoms with Crippen molar-refractivity contribution in [1.29, 1.82) is 0 Å². The minimum absolute atomic E-state index is 0.235. The molecule has 1 aromatic heterocycles. The van der Waals surface area contributed by atoms with E-state index in [9.17, 15) is 4.79 Å². The summed E-state index contributed by atoms with van der Waals surface area (Å²) in [6.07, 6.45) is 0.824. The maximum atomic E-state index is 12.5. The summed E-state index contributed by atoms with van der Waals surface area (Å²) < 4.78 is 0. The number of aromatic nitrogens is 2. The summed E-state index contributed by atoms with van der Waals surface area (Å²) in [7, 11) is 0. The number of amides is 1. The van der Waals surface area contributed by atoms with Crippen LogP contribution in [0.2, 0.25) is 10.0 Å². The maximum Gasteiger partial charge on any atom is 0.257 e. The molecule has 7 heteroatoms. The number of halogens is 2. The first-order chi connectivity index (χ1) is 14.1. The summed E-state index contributed by atoms with van der Waals surface area (Å²) in [5.41, 5.74) is 3.65. The van der Waals surface area contributed by atoms with E-state index in [1.165, 1.54) is 16.9 Å². The topological polar surface area (TPSA) is 54.9 Å². The van der Waals surface area contributed by atoms with Crippen LogP contribution in [0, 0.1) is 0 Å². The highest BCUT2D eigenvalue weighted by Gasteiger charge is 2.13. The highest BCUT2D eigenvalue weighted by atomic mass is 35.5. The van der Waals surface area contributed by atoms with Gasteiger partial charge < -0.3 is 0 Å². The second-order valence-corrected chi connectivity index (χ2v) is 8.17. The zero-order valence-electron chi connectivity index (χ0n) is 15.1. The van der Waals surface area contributed by atoms with Crippen LogP contribution < -0.4 is 5.32 Å². The Morgan fingerprint density at radius 2 is 1.62 bits per heavy atom. The van der Waals surface area contributed by atoms with E-state index < -0.39 is 0 Å². The zero-order chi connectivity index (χ0) is 20.2. The van der Waals surface area contributed by atoms with Gasteiger partial charge in [-0.2, -0.15) is 0 Å². The van der Waals surface area contributed by atoms with E-state index in [1.54, 1.807) is 18.2 Å². The number of carbonyl (C=O) groups is 1. The van der Waals surface area contributed by atoms with Gasteiger partial charge >= 0.3 is 0 Å². The minimum Gasteiger partial charge on any atom is -0.296 e. The normalized spacial score (nSPS) is 10.7. The van der Waals surface area contributed by atoms with Crippen molar-refractivity contribution >= 4 is 45.6 Å². The molecule has 0 atom stereocenters. The number of nitrogens with zero attached hydrogens (tertiary/aromatic N) is 2. The van der Waals surface area contributed by atoms with Gasteiger partial charge in [-0.15, -0.1) is 10.2 Å². The van der Waals surface area contributed by atoms with Crippen LogP contribution in [0.25, 0.3) is 10.6 Å². The van der Waals surface area contributed by atoms with Gasteiger partial charge in [-0.3, -0.25) is 10.1 Å². The molecule has 29 heavy (non-hydrogen) atoms. The first kappa shape index (κ1) is 19.6. The fourth-order valence-electron chi connectivity index (χ4n) is 2.82. The molecule has 0 spiro atoms. The van der Waals surface area contributed by atoms with Crippen LogP contribution in [0.3, 0.4) is 0 Å². The highest BCUT2D eigenvalue weighted by molar-refractivity contribution is 7.18. The first-order valence-corrected chi connectivity index (χ1v) is 10.4. The predicted octanol–water partition coefficient (Wildman–Crippen LogP) is 6.36. The lowest BCUT2D eigenvalue weighted by Crippen LogP contribution is -2.11. The Hall–Kier alpha value is -2.73. The third kappa shape index (κ3) is 4.82. The highest BCUT2D eigenvalue weighted by Crippen LogP contribution is 2.33. The molecule has 0 aliphatic carbocycles. The van der Waals surface area contributed by atoms with Gasteiger partial charge in [0, 0.05) is 16.1 Å². The number of carbonyl (C=O) groups excluding carboxylic acids is 1. The Morgan fingerprint density at radius 3 is 2.34 bits per heavy atom. The molecule has 0 bridgehead atoms. The van der Waals surface area contributed by atoms with Crippen molar-refractivity contribution in [2.24, 2.45) is 0 Å². The van der Waals surface area contributed by atoms with Crippen molar-refractivity contribution in [1.82, 2.24) is 10.2 Å². The second-order valence-electron chi connectivity index (χ2n) is 6.35.